The number of ether oxygens (including phenoxy) is 1. The van der Waals surface area contributed by atoms with Crippen LogP contribution in [0.2, 0.25) is 0 Å². The molecule has 1 fully saturated rings. The first kappa shape index (κ1) is 20.8. The second-order valence-electron chi connectivity index (χ2n) is 7.68. The van der Waals surface area contributed by atoms with Crippen LogP contribution >= 0.6 is 0 Å². The van der Waals surface area contributed by atoms with Crippen LogP contribution in [0.5, 0.6) is 0 Å². The number of sulfonamides is 1. The molecule has 1 saturated carbocycles. The normalized spacial score (nSPS) is 15.3. The van der Waals surface area contributed by atoms with Gasteiger partial charge in [0.05, 0.1) is 17.8 Å². The maximum atomic E-state index is 13.3. The maximum absolute atomic E-state index is 13.3. The minimum Gasteiger partial charge on any atom is -0.383 e. The second kappa shape index (κ2) is 8.37. The fourth-order valence-electron chi connectivity index (χ4n) is 4.01. The molecule has 2 aromatic heterocycles. The van der Waals surface area contributed by atoms with Gasteiger partial charge in [0.1, 0.15) is 16.2 Å². The molecule has 4 rings (SSSR count). The molecule has 9 nitrogen and oxygen atoms in total. The van der Waals surface area contributed by atoms with Gasteiger partial charge in [0.15, 0.2) is 0 Å². The van der Waals surface area contributed by atoms with Gasteiger partial charge >= 0.3 is 0 Å². The molecular formula is C20H27N5O4S. The molecule has 0 spiro atoms. The summed E-state index contributed by atoms with van der Waals surface area (Å²) in [5, 5.41) is 7.14. The van der Waals surface area contributed by atoms with Crippen molar-refractivity contribution in [3.8, 4) is 11.1 Å². The Bertz CT molecular complexity index is 1130. The molecule has 30 heavy (non-hydrogen) atoms. The molecule has 0 atom stereocenters. The van der Waals surface area contributed by atoms with Crippen molar-refractivity contribution in [2.45, 2.75) is 50.5 Å². The minimum atomic E-state index is -3.76. The highest BCUT2D eigenvalue weighted by Crippen LogP contribution is 2.34. The number of aromatic amines is 1. The summed E-state index contributed by atoms with van der Waals surface area (Å²) < 4.78 is 39.9. The molecule has 162 valence electrons. The van der Waals surface area contributed by atoms with Gasteiger partial charge in [-0.1, -0.05) is 18.0 Å². The van der Waals surface area contributed by atoms with Crippen molar-refractivity contribution in [2.75, 3.05) is 25.6 Å². The molecule has 10 heteroatoms. The van der Waals surface area contributed by atoms with E-state index in [0.717, 1.165) is 36.8 Å². The quantitative estimate of drug-likeness (QED) is 0.467. The topological polar surface area (TPSA) is 122 Å². The van der Waals surface area contributed by atoms with Crippen molar-refractivity contribution in [3.05, 3.63) is 23.6 Å². The number of nitrogens with zero attached hydrogens (tertiary/aromatic N) is 2. The van der Waals surface area contributed by atoms with Crippen LogP contribution in [-0.2, 0) is 14.8 Å². The number of aryl methyl sites for hydroxylation is 2. The summed E-state index contributed by atoms with van der Waals surface area (Å²) in [6, 6.07) is 3.50. The predicted octanol–water partition coefficient (Wildman–Crippen LogP) is 3.11. The lowest BCUT2D eigenvalue weighted by Crippen LogP contribution is -2.32. The number of imidazole rings is 1. The van der Waals surface area contributed by atoms with Gasteiger partial charge in [-0.3, -0.25) is 0 Å². The lowest BCUT2D eigenvalue weighted by atomic mass is 10.0. The highest BCUT2D eigenvalue weighted by atomic mass is 32.2. The number of fused-ring (bicyclic) bond motifs is 1. The molecule has 3 N–H and O–H groups in total. The maximum Gasteiger partial charge on any atom is 0.243 e. The molecule has 3 aromatic rings. The Hall–Kier alpha value is -2.43. The van der Waals surface area contributed by atoms with Crippen LogP contribution in [0, 0.1) is 13.8 Å². The van der Waals surface area contributed by atoms with Gasteiger partial charge in [-0.25, -0.2) is 18.1 Å². The number of aromatic nitrogens is 3. The Morgan fingerprint density at radius 1 is 1.27 bits per heavy atom. The van der Waals surface area contributed by atoms with E-state index in [9.17, 15) is 8.42 Å². The van der Waals surface area contributed by atoms with Crippen molar-refractivity contribution in [1.29, 1.82) is 0 Å². The van der Waals surface area contributed by atoms with Gasteiger partial charge < -0.3 is 19.6 Å². The number of H-pyrrole nitrogens is 1. The second-order valence-corrected chi connectivity index (χ2v) is 9.36. The number of anilines is 1. The lowest BCUT2D eigenvalue weighted by Gasteiger charge is -2.14. The molecule has 0 saturated heterocycles. The number of benzene rings is 1. The van der Waals surface area contributed by atoms with Crippen molar-refractivity contribution >= 4 is 27.0 Å². The van der Waals surface area contributed by atoms with Crippen LogP contribution < -0.4 is 10.0 Å². The summed E-state index contributed by atoms with van der Waals surface area (Å²) in [6.07, 6.45) is 3.79. The summed E-state index contributed by atoms with van der Waals surface area (Å²) in [5.74, 6) is 1.13. The molecular weight excluding hydrogens is 406 g/mol. The molecule has 0 aliphatic heterocycles. The third-order valence-corrected chi connectivity index (χ3v) is 6.97. The van der Waals surface area contributed by atoms with E-state index < -0.39 is 10.0 Å². The molecule has 0 bridgehead atoms. The molecule has 0 amide bonds. The third-order valence-electron chi connectivity index (χ3n) is 5.44. The minimum absolute atomic E-state index is 0.0361. The highest BCUT2D eigenvalue weighted by Gasteiger charge is 2.27. The van der Waals surface area contributed by atoms with Crippen LogP contribution in [0.1, 0.15) is 37.1 Å². The Labute approximate surface area is 175 Å². The number of rotatable bonds is 8. The SMILES string of the molecule is COCCNc1nc2c(S(=O)(=O)NC3CCCC3)cc(-c3c(C)noc3C)cc2[nH]1. The van der Waals surface area contributed by atoms with E-state index in [1.54, 1.807) is 13.2 Å². The van der Waals surface area contributed by atoms with Gasteiger partial charge in [-0.2, -0.15) is 0 Å². The first-order valence-electron chi connectivity index (χ1n) is 10.1. The predicted molar refractivity (Wildman–Crippen MR) is 114 cm³/mol. The number of methoxy groups -OCH3 is 1. The van der Waals surface area contributed by atoms with Gasteiger partial charge in [-0.05, 0) is 44.4 Å². The standard InChI is InChI=1S/C20H27N5O4S/c1-12-18(13(2)29-24-12)14-10-16-19(23-20(22-16)21-8-9-28-3)17(11-14)30(26,27)25-15-6-4-5-7-15/h10-11,15,25H,4-9H2,1-3H3,(H2,21,22,23). The molecule has 1 aliphatic rings. The first-order chi connectivity index (χ1) is 14.4. The summed E-state index contributed by atoms with van der Waals surface area (Å²) >= 11 is 0. The van der Waals surface area contributed by atoms with E-state index in [-0.39, 0.29) is 10.9 Å². The average Bonchev–Trinajstić information content (AvgIpc) is 3.41. The van der Waals surface area contributed by atoms with E-state index in [4.69, 9.17) is 9.26 Å². The zero-order valence-electron chi connectivity index (χ0n) is 17.4. The van der Waals surface area contributed by atoms with Crippen LogP contribution in [-0.4, -0.2) is 49.8 Å². The highest BCUT2D eigenvalue weighted by molar-refractivity contribution is 7.89. The van der Waals surface area contributed by atoms with Crippen molar-refractivity contribution in [2.24, 2.45) is 0 Å². The largest absolute Gasteiger partial charge is 0.383 e. The monoisotopic (exact) mass is 433 g/mol. The van der Waals surface area contributed by atoms with Crippen molar-refractivity contribution < 1.29 is 17.7 Å². The first-order valence-corrected chi connectivity index (χ1v) is 11.6. The lowest BCUT2D eigenvalue weighted by molar-refractivity contribution is 0.210. The fraction of sp³-hybridized carbons (Fsp3) is 0.500. The van der Waals surface area contributed by atoms with Crippen molar-refractivity contribution in [3.63, 3.8) is 0 Å². The summed E-state index contributed by atoms with van der Waals surface area (Å²) in [4.78, 5) is 7.84. The average molecular weight is 434 g/mol. The van der Waals surface area contributed by atoms with E-state index >= 15 is 0 Å². The van der Waals surface area contributed by atoms with Crippen LogP contribution in [0.25, 0.3) is 22.2 Å². The zero-order chi connectivity index (χ0) is 21.3. The number of hydrogen-bond donors (Lipinski definition) is 3. The number of hydrogen-bond acceptors (Lipinski definition) is 7. The van der Waals surface area contributed by atoms with Gasteiger partial charge in [-0.15, -0.1) is 0 Å². The molecule has 1 aromatic carbocycles. The van der Waals surface area contributed by atoms with E-state index in [0.29, 0.717) is 41.6 Å². The molecule has 1 aliphatic carbocycles. The molecule has 0 radical (unpaired) electrons. The van der Waals surface area contributed by atoms with Crippen LogP contribution in [0.3, 0.4) is 0 Å². The smallest absolute Gasteiger partial charge is 0.243 e. The number of nitrogens with one attached hydrogen (secondary N) is 3. The van der Waals surface area contributed by atoms with Gasteiger partial charge in [0, 0.05) is 25.3 Å². The van der Waals surface area contributed by atoms with Gasteiger partial charge in [0.2, 0.25) is 16.0 Å². The Morgan fingerprint density at radius 2 is 2.03 bits per heavy atom. The Balaban J connectivity index is 1.82. The molecule has 2 heterocycles. The van der Waals surface area contributed by atoms with Crippen molar-refractivity contribution in [1.82, 2.24) is 19.8 Å². The van der Waals surface area contributed by atoms with Crippen LogP contribution in [0.15, 0.2) is 21.6 Å². The van der Waals surface area contributed by atoms with Gasteiger partial charge in [0.25, 0.3) is 0 Å². The van der Waals surface area contributed by atoms with E-state index in [1.165, 1.54) is 0 Å². The Morgan fingerprint density at radius 3 is 2.70 bits per heavy atom. The third kappa shape index (κ3) is 4.07. The Kier molecular flexibility index (Phi) is 5.81. The van der Waals surface area contributed by atoms with Crippen LogP contribution in [0.4, 0.5) is 5.95 Å². The van der Waals surface area contributed by atoms with E-state index in [2.05, 4.69) is 25.2 Å². The summed E-state index contributed by atoms with van der Waals surface area (Å²) in [5.41, 5.74) is 3.24. The molecule has 0 unspecified atom stereocenters. The summed E-state index contributed by atoms with van der Waals surface area (Å²) in [6.45, 7) is 4.71. The fourth-order valence-corrected chi connectivity index (χ4v) is 5.51. The summed E-state index contributed by atoms with van der Waals surface area (Å²) in [7, 11) is -2.14. The zero-order valence-corrected chi connectivity index (χ0v) is 18.2. The van der Waals surface area contributed by atoms with E-state index in [1.807, 2.05) is 19.9 Å².